The van der Waals surface area contributed by atoms with Crippen molar-refractivity contribution in [2.75, 3.05) is 5.32 Å². The molecule has 0 atom stereocenters. The van der Waals surface area contributed by atoms with Gasteiger partial charge in [0.2, 0.25) is 0 Å². The first-order valence-corrected chi connectivity index (χ1v) is 9.02. The number of carbonyl (C=O) groups excluding carboxylic acids is 2. The number of halogens is 4. The zero-order valence-corrected chi connectivity index (χ0v) is 16.5. The van der Waals surface area contributed by atoms with E-state index in [9.17, 15) is 22.8 Å². The van der Waals surface area contributed by atoms with Crippen LogP contribution in [0, 0.1) is 0 Å². The van der Waals surface area contributed by atoms with Gasteiger partial charge in [-0.15, -0.1) is 0 Å². The van der Waals surface area contributed by atoms with E-state index >= 15 is 0 Å². The van der Waals surface area contributed by atoms with Crippen molar-refractivity contribution in [1.29, 1.82) is 0 Å². The Labute approximate surface area is 176 Å². The van der Waals surface area contributed by atoms with Crippen molar-refractivity contribution < 1.29 is 27.5 Å². The Morgan fingerprint density at radius 2 is 1.43 bits per heavy atom. The normalized spacial score (nSPS) is 10.4. The maximum atomic E-state index is 13.0. The summed E-state index contributed by atoms with van der Waals surface area (Å²) in [6.07, 6.45) is -4.76. The lowest BCUT2D eigenvalue weighted by molar-refractivity contribution is -0.141. The molecule has 156 valence electrons. The largest absolute Gasteiger partial charge is 0.425 e. The predicted octanol–water partition coefficient (Wildman–Crippen LogP) is 6.22. The van der Waals surface area contributed by atoms with Crippen LogP contribution in [0.25, 0.3) is 0 Å². The molecule has 0 aliphatic rings. The summed E-state index contributed by atoms with van der Waals surface area (Å²) in [7, 11) is 0. The molecule has 8 heteroatoms. The van der Waals surface area contributed by atoms with E-state index in [4.69, 9.17) is 11.6 Å². The van der Waals surface area contributed by atoms with Gasteiger partial charge in [0, 0.05) is 17.6 Å². The molecule has 0 aliphatic heterocycles. The summed E-state index contributed by atoms with van der Waals surface area (Å²) < 4.78 is 43.8. The maximum Gasteiger partial charge on any atom is 0.420 e. The smallest absolute Gasteiger partial charge is 0.420 e. The zero-order valence-electron chi connectivity index (χ0n) is 15.7. The van der Waals surface area contributed by atoms with Crippen molar-refractivity contribution >= 4 is 29.2 Å². The SMILES string of the molecule is CC(=O)Oc1c(C(=O)Nc2ccccc2)cccc1C(F)(F)F.Clc1ccccc1. The summed E-state index contributed by atoms with van der Waals surface area (Å²) in [6, 6.07) is 20.6. The molecule has 0 heterocycles. The lowest BCUT2D eigenvalue weighted by Gasteiger charge is -2.15. The maximum absolute atomic E-state index is 13.0. The summed E-state index contributed by atoms with van der Waals surface area (Å²) in [5, 5.41) is 3.25. The first-order chi connectivity index (χ1) is 14.2. The molecule has 0 unspecified atom stereocenters. The van der Waals surface area contributed by atoms with Crippen LogP contribution >= 0.6 is 11.6 Å². The van der Waals surface area contributed by atoms with Gasteiger partial charge in [-0.25, -0.2) is 0 Å². The molecule has 3 aromatic rings. The fourth-order valence-corrected chi connectivity index (χ4v) is 2.47. The van der Waals surface area contributed by atoms with Gasteiger partial charge in [0.05, 0.1) is 11.1 Å². The van der Waals surface area contributed by atoms with Crippen LogP contribution in [-0.2, 0) is 11.0 Å². The summed E-state index contributed by atoms with van der Waals surface area (Å²) in [5.74, 6) is -2.56. The Balaban J connectivity index is 0.000000386. The molecule has 3 rings (SSSR count). The molecule has 0 radical (unpaired) electrons. The first-order valence-electron chi connectivity index (χ1n) is 8.64. The minimum Gasteiger partial charge on any atom is -0.425 e. The van der Waals surface area contributed by atoms with Gasteiger partial charge in [0.1, 0.15) is 0 Å². The van der Waals surface area contributed by atoms with Crippen LogP contribution in [0.5, 0.6) is 5.75 Å². The van der Waals surface area contributed by atoms with Crippen LogP contribution in [0.4, 0.5) is 18.9 Å². The number of rotatable bonds is 3. The van der Waals surface area contributed by atoms with Crippen LogP contribution in [0.2, 0.25) is 5.02 Å². The molecule has 1 N–H and O–H groups in total. The fraction of sp³-hybridized carbons (Fsp3) is 0.0909. The number of alkyl halides is 3. The number of nitrogens with one attached hydrogen (secondary N) is 1. The molecule has 0 spiro atoms. The highest BCUT2D eigenvalue weighted by Gasteiger charge is 2.36. The van der Waals surface area contributed by atoms with E-state index in [-0.39, 0.29) is 5.56 Å². The third kappa shape index (κ3) is 6.93. The first kappa shape index (κ1) is 23.0. The summed E-state index contributed by atoms with van der Waals surface area (Å²) >= 11 is 5.54. The molecule has 30 heavy (non-hydrogen) atoms. The van der Waals surface area contributed by atoms with Gasteiger partial charge in [0.15, 0.2) is 5.75 Å². The highest BCUT2D eigenvalue weighted by Crippen LogP contribution is 2.38. The van der Waals surface area contributed by atoms with E-state index in [2.05, 4.69) is 10.1 Å². The van der Waals surface area contributed by atoms with Gasteiger partial charge in [-0.2, -0.15) is 13.2 Å². The molecule has 0 saturated heterocycles. The van der Waals surface area contributed by atoms with Gasteiger partial charge in [-0.05, 0) is 36.4 Å². The molecular weight excluding hydrogens is 419 g/mol. The third-order valence-corrected chi connectivity index (χ3v) is 3.83. The van der Waals surface area contributed by atoms with E-state index in [1.165, 1.54) is 0 Å². The van der Waals surface area contributed by atoms with E-state index in [0.717, 1.165) is 30.1 Å². The van der Waals surface area contributed by atoms with Crippen molar-refractivity contribution in [2.24, 2.45) is 0 Å². The van der Waals surface area contributed by atoms with Gasteiger partial charge in [0.25, 0.3) is 5.91 Å². The van der Waals surface area contributed by atoms with Crippen molar-refractivity contribution in [3.8, 4) is 5.75 Å². The molecule has 0 fully saturated rings. The van der Waals surface area contributed by atoms with E-state index in [1.807, 2.05) is 30.3 Å². The molecule has 0 saturated carbocycles. The van der Waals surface area contributed by atoms with E-state index in [0.29, 0.717) is 5.69 Å². The zero-order chi connectivity index (χ0) is 22.1. The second kappa shape index (κ2) is 10.5. The van der Waals surface area contributed by atoms with Crippen molar-refractivity contribution in [1.82, 2.24) is 0 Å². The highest BCUT2D eigenvalue weighted by atomic mass is 35.5. The van der Waals surface area contributed by atoms with Crippen LogP contribution in [0.1, 0.15) is 22.8 Å². The molecule has 0 aliphatic carbocycles. The van der Waals surface area contributed by atoms with E-state index in [1.54, 1.807) is 30.3 Å². The average Bonchev–Trinajstić information content (AvgIpc) is 2.68. The van der Waals surface area contributed by atoms with Crippen LogP contribution < -0.4 is 10.1 Å². The van der Waals surface area contributed by atoms with E-state index < -0.39 is 29.4 Å². The number of amides is 1. The number of hydrogen-bond donors (Lipinski definition) is 1. The second-order valence-electron chi connectivity index (χ2n) is 5.89. The Kier molecular flexibility index (Phi) is 8.00. The van der Waals surface area contributed by atoms with Crippen molar-refractivity contribution in [2.45, 2.75) is 13.1 Å². The van der Waals surface area contributed by atoms with Crippen LogP contribution in [0.15, 0.2) is 78.9 Å². The highest BCUT2D eigenvalue weighted by molar-refractivity contribution is 6.30. The van der Waals surface area contributed by atoms with Gasteiger partial charge >= 0.3 is 12.1 Å². The molecule has 0 aromatic heterocycles. The van der Waals surface area contributed by atoms with Crippen LogP contribution in [-0.4, -0.2) is 11.9 Å². The minimum atomic E-state index is -4.76. The number of ether oxygens (including phenoxy) is 1. The molecule has 3 aromatic carbocycles. The molecule has 1 amide bonds. The third-order valence-electron chi connectivity index (χ3n) is 3.58. The lowest BCUT2D eigenvalue weighted by atomic mass is 10.1. The number of hydrogen-bond acceptors (Lipinski definition) is 3. The topological polar surface area (TPSA) is 55.4 Å². The van der Waals surface area contributed by atoms with Crippen molar-refractivity contribution in [3.05, 3.63) is 95.0 Å². The standard InChI is InChI=1S/C16H12F3NO3.C6H5Cl/c1-10(21)23-14-12(8-5-9-13(14)16(17,18)19)15(22)20-11-6-3-2-4-7-11;7-6-4-2-1-3-5-6/h2-9H,1H3,(H,20,22);1-5H. The summed E-state index contributed by atoms with van der Waals surface area (Å²) in [5.41, 5.74) is -1.16. The van der Waals surface area contributed by atoms with Crippen molar-refractivity contribution in [3.63, 3.8) is 0 Å². The fourth-order valence-electron chi connectivity index (χ4n) is 2.33. The Hall–Kier alpha value is -3.32. The quantitative estimate of drug-likeness (QED) is 0.392. The predicted molar refractivity (Wildman–Crippen MR) is 109 cm³/mol. The number of para-hydroxylation sites is 2. The number of esters is 1. The number of anilines is 1. The average molecular weight is 436 g/mol. The summed E-state index contributed by atoms with van der Waals surface area (Å²) in [4.78, 5) is 23.3. The van der Waals surface area contributed by atoms with Crippen LogP contribution in [0.3, 0.4) is 0 Å². The monoisotopic (exact) mass is 435 g/mol. The Bertz CT molecular complexity index is 994. The minimum absolute atomic E-state index is 0.376. The number of benzene rings is 3. The van der Waals surface area contributed by atoms with Gasteiger partial charge in [-0.1, -0.05) is 54.1 Å². The second-order valence-corrected chi connectivity index (χ2v) is 6.33. The summed E-state index contributed by atoms with van der Waals surface area (Å²) in [6.45, 7) is 0.964. The molecule has 4 nitrogen and oxygen atoms in total. The Morgan fingerprint density at radius 1 is 0.867 bits per heavy atom. The van der Waals surface area contributed by atoms with Gasteiger partial charge < -0.3 is 10.1 Å². The number of carbonyl (C=O) groups is 2. The Morgan fingerprint density at radius 3 is 1.90 bits per heavy atom. The molecule has 0 bridgehead atoms. The lowest BCUT2D eigenvalue weighted by Crippen LogP contribution is -2.18. The van der Waals surface area contributed by atoms with Gasteiger partial charge in [-0.3, -0.25) is 9.59 Å². The molecular formula is C22H17ClF3NO3.